The maximum atomic E-state index is 9.90. The maximum Gasteiger partial charge on any atom is 0.0790 e. The molecule has 1 fully saturated rings. The summed E-state index contributed by atoms with van der Waals surface area (Å²) in [6.07, 6.45) is 4.53. The number of hydrogen-bond donors (Lipinski definition) is 1. The Labute approximate surface area is 93.3 Å². The lowest BCUT2D eigenvalue weighted by atomic mass is 10.0. The van der Waals surface area contributed by atoms with Crippen LogP contribution in [0.2, 0.25) is 0 Å². The summed E-state index contributed by atoms with van der Waals surface area (Å²) in [6, 6.07) is 7.94. The van der Waals surface area contributed by atoms with Crippen LogP contribution in [0.4, 0.5) is 0 Å². The topological polar surface area (TPSA) is 20.2 Å². The zero-order valence-corrected chi connectivity index (χ0v) is 9.70. The highest BCUT2D eigenvalue weighted by atomic mass is 79.9. The molecule has 0 heterocycles. The maximum absolute atomic E-state index is 9.90. The van der Waals surface area contributed by atoms with E-state index in [4.69, 9.17) is 0 Å². The monoisotopic (exact) mass is 254 g/mol. The number of halogens is 1. The Morgan fingerprint density at radius 2 is 2.21 bits per heavy atom. The van der Waals surface area contributed by atoms with Gasteiger partial charge in [0.25, 0.3) is 0 Å². The largest absolute Gasteiger partial charge is 0.388 e. The first-order chi connectivity index (χ1) is 6.75. The minimum absolute atomic E-state index is 0.284. The number of rotatable bonds is 4. The van der Waals surface area contributed by atoms with Gasteiger partial charge in [-0.1, -0.05) is 40.9 Å². The van der Waals surface area contributed by atoms with E-state index in [1.807, 2.05) is 24.3 Å². The van der Waals surface area contributed by atoms with E-state index >= 15 is 0 Å². The molecule has 2 heteroatoms. The molecular formula is C12H15BrO. The summed E-state index contributed by atoms with van der Waals surface area (Å²) >= 11 is 3.41. The van der Waals surface area contributed by atoms with Crippen molar-refractivity contribution in [2.75, 3.05) is 0 Å². The van der Waals surface area contributed by atoms with Gasteiger partial charge in [-0.3, -0.25) is 0 Å². The van der Waals surface area contributed by atoms with E-state index in [2.05, 4.69) is 15.9 Å². The highest BCUT2D eigenvalue weighted by Gasteiger charge is 2.22. The number of benzene rings is 1. The number of hydrogen-bond acceptors (Lipinski definition) is 1. The first-order valence-electron chi connectivity index (χ1n) is 5.19. The molecule has 0 aliphatic heterocycles. The first kappa shape index (κ1) is 10.2. The van der Waals surface area contributed by atoms with Gasteiger partial charge in [0.15, 0.2) is 0 Å². The molecule has 0 spiro atoms. The van der Waals surface area contributed by atoms with Crippen LogP contribution in [0, 0.1) is 5.92 Å². The minimum Gasteiger partial charge on any atom is -0.388 e. The molecule has 0 bridgehead atoms. The quantitative estimate of drug-likeness (QED) is 0.870. The fraction of sp³-hybridized carbons (Fsp3) is 0.500. The van der Waals surface area contributed by atoms with Crippen molar-refractivity contribution < 1.29 is 5.11 Å². The molecule has 0 amide bonds. The Morgan fingerprint density at radius 1 is 1.43 bits per heavy atom. The van der Waals surface area contributed by atoms with Crippen molar-refractivity contribution in [1.29, 1.82) is 0 Å². The van der Waals surface area contributed by atoms with Crippen LogP contribution >= 0.6 is 15.9 Å². The van der Waals surface area contributed by atoms with E-state index in [-0.39, 0.29) is 6.10 Å². The average molecular weight is 255 g/mol. The summed E-state index contributed by atoms with van der Waals surface area (Å²) in [5, 5.41) is 9.90. The van der Waals surface area contributed by atoms with Gasteiger partial charge >= 0.3 is 0 Å². The Balaban J connectivity index is 1.91. The van der Waals surface area contributed by atoms with Crippen molar-refractivity contribution in [3.8, 4) is 0 Å². The normalized spacial score (nSPS) is 18.1. The molecule has 0 radical (unpaired) electrons. The first-order valence-corrected chi connectivity index (χ1v) is 5.98. The zero-order valence-electron chi connectivity index (χ0n) is 8.12. The van der Waals surface area contributed by atoms with Crippen LogP contribution < -0.4 is 0 Å². The van der Waals surface area contributed by atoms with Gasteiger partial charge in [0.1, 0.15) is 0 Å². The third-order valence-corrected chi connectivity index (χ3v) is 3.27. The van der Waals surface area contributed by atoms with Crippen LogP contribution in [0.25, 0.3) is 0 Å². The smallest absolute Gasteiger partial charge is 0.0790 e. The van der Waals surface area contributed by atoms with Crippen molar-refractivity contribution in [3.63, 3.8) is 0 Å². The Morgan fingerprint density at radius 3 is 2.86 bits per heavy atom. The molecule has 14 heavy (non-hydrogen) atoms. The summed E-state index contributed by atoms with van der Waals surface area (Å²) in [4.78, 5) is 0. The highest BCUT2D eigenvalue weighted by molar-refractivity contribution is 9.10. The van der Waals surface area contributed by atoms with Crippen LogP contribution in [-0.2, 0) is 0 Å². The fourth-order valence-corrected chi connectivity index (χ4v) is 2.10. The average Bonchev–Trinajstić information content (AvgIpc) is 2.97. The van der Waals surface area contributed by atoms with Gasteiger partial charge in [-0.2, -0.15) is 0 Å². The lowest BCUT2D eigenvalue weighted by Crippen LogP contribution is -1.97. The van der Waals surface area contributed by atoms with E-state index in [1.54, 1.807) is 0 Å². The van der Waals surface area contributed by atoms with Crippen molar-refractivity contribution >= 4 is 15.9 Å². The van der Waals surface area contributed by atoms with Crippen molar-refractivity contribution in [2.45, 2.75) is 31.8 Å². The van der Waals surface area contributed by atoms with Gasteiger partial charge in [-0.05, 0) is 36.5 Å². The van der Waals surface area contributed by atoms with Crippen molar-refractivity contribution in [1.82, 2.24) is 0 Å². The van der Waals surface area contributed by atoms with Crippen LogP contribution in [-0.4, -0.2) is 5.11 Å². The SMILES string of the molecule is OC(CCC1CC1)c1cccc(Br)c1. The van der Waals surface area contributed by atoms with Crippen LogP contribution in [0.1, 0.15) is 37.4 Å². The summed E-state index contributed by atoms with van der Waals surface area (Å²) < 4.78 is 1.04. The molecule has 1 atom stereocenters. The van der Waals surface area contributed by atoms with E-state index in [9.17, 15) is 5.11 Å². The Kier molecular flexibility index (Phi) is 3.24. The van der Waals surface area contributed by atoms with E-state index in [1.165, 1.54) is 19.3 Å². The highest BCUT2D eigenvalue weighted by Crippen LogP contribution is 2.36. The Bertz CT molecular complexity index is 307. The summed E-state index contributed by atoms with van der Waals surface area (Å²) in [7, 11) is 0. The third-order valence-electron chi connectivity index (χ3n) is 2.78. The minimum atomic E-state index is -0.284. The van der Waals surface area contributed by atoms with E-state index in [0.717, 1.165) is 22.4 Å². The zero-order chi connectivity index (χ0) is 9.97. The van der Waals surface area contributed by atoms with Crippen LogP contribution in [0.5, 0.6) is 0 Å². The molecular weight excluding hydrogens is 240 g/mol. The molecule has 1 saturated carbocycles. The van der Waals surface area contributed by atoms with Crippen molar-refractivity contribution in [3.05, 3.63) is 34.3 Å². The summed E-state index contributed by atoms with van der Waals surface area (Å²) in [5.41, 5.74) is 1.03. The number of aliphatic hydroxyl groups is 1. The lowest BCUT2D eigenvalue weighted by Gasteiger charge is -2.10. The molecule has 1 unspecified atom stereocenters. The van der Waals surface area contributed by atoms with Crippen molar-refractivity contribution in [2.24, 2.45) is 5.92 Å². The predicted octanol–water partition coefficient (Wildman–Crippen LogP) is 3.67. The molecule has 0 aromatic heterocycles. The van der Waals surface area contributed by atoms with Crippen LogP contribution in [0.15, 0.2) is 28.7 Å². The predicted molar refractivity (Wildman–Crippen MR) is 61.1 cm³/mol. The summed E-state index contributed by atoms with van der Waals surface area (Å²) in [5.74, 6) is 0.900. The van der Waals surface area contributed by atoms with Gasteiger partial charge in [0.05, 0.1) is 6.10 Å². The second-order valence-electron chi connectivity index (χ2n) is 4.09. The molecule has 1 aliphatic rings. The van der Waals surface area contributed by atoms with E-state index in [0.29, 0.717) is 0 Å². The number of aliphatic hydroxyl groups excluding tert-OH is 1. The van der Waals surface area contributed by atoms with Gasteiger partial charge < -0.3 is 5.11 Å². The fourth-order valence-electron chi connectivity index (χ4n) is 1.68. The third kappa shape index (κ3) is 2.82. The molecule has 0 saturated heterocycles. The van der Waals surface area contributed by atoms with Gasteiger partial charge in [0, 0.05) is 4.47 Å². The summed E-state index contributed by atoms with van der Waals surface area (Å²) in [6.45, 7) is 0. The molecule has 1 aromatic carbocycles. The molecule has 1 nitrogen and oxygen atoms in total. The van der Waals surface area contributed by atoms with Gasteiger partial charge in [-0.15, -0.1) is 0 Å². The van der Waals surface area contributed by atoms with Gasteiger partial charge in [0.2, 0.25) is 0 Å². The van der Waals surface area contributed by atoms with Gasteiger partial charge in [-0.25, -0.2) is 0 Å². The molecule has 76 valence electrons. The second kappa shape index (κ2) is 4.45. The molecule has 2 rings (SSSR count). The molecule has 1 N–H and O–H groups in total. The standard InChI is InChI=1S/C12H15BrO/c13-11-3-1-2-10(8-11)12(14)7-6-9-4-5-9/h1-3,8-9,12,14H,4-7H2. The second-order valence-corrected chi connectivity index (χ2v) is 5.01. The molecule has 1 aromatic rings. The molecule has 1 aliphatic carbocycles. The van der Waals surface area contributed by atoms with E-state index < -0.39 is 0 Å². The lowest BCUT2D eigenvalue weighted by molar-refractivity contribution is 0.162. The van der Waals surface area contributed by atoms with Crippen LogP contribution in [0.3, 0.4) is 0 Å². The Hall–Kier alpha value is -0.340.